The Morgan fingerprint density at radius 3 is 2.92 bits per heavy atom. The topological polar surface area (TPSA) is 72.9 Å². The van der Waals surface area contributed by atoms with E-state index in [4.69, 9.17) is 5.73 Å². The molecule has 0 aliphatic heterocycles. The number of anilines is 1. The average Bonchev–Trinajstić information content (AvgIpc) is 2.34. The second-order valence-corrected chi connectivity index (χ2v) is 3.14. The molecule has 0 fully saturated rings. The number of hydrogen-bond acceptors (Lipinski definition) is 3. The van der Waals surface area contributed by atoms with E-state index in [0.29, 0.717) is 5.95 Å². The molecular formula is C8H14N4O. The Labute approximate surface area is 76.9 Å². The molecule has 0 unspecified atom stereocenters. The Hall–Kier alpha value is -1.52. The van der Waals surface area contributed by atoms with E-state index in [1.165, 1.54) is 0 Å². The van der Waals surface area contributed by atoms with Crippen molar-refractivity contribution in [2.24, 2.45) is 0 Å². The van der Waals surface area contributed by atoms with Gasteiger partial charge in [-0.25, -0.2) is 4.98 Å². The molecular weight excluding hydrogens is 168 g/mol. The molecule has 0 spiro atoms. The normalized spacial score (nSPS) is 10.4. The number of nitrogens with one attached hydrogen (secondary N) is 1. The van der Waals surface area contributed by atoms with Crippen molar-refractivity contribution in [1.82, 2.24) is 14.9 Å². The maximum Gasteiger partial charge on any atom is 0.240 e. The summed E-state index contributed by atoms with van der Waals surface area (Å²) in [6.07, 6.45) is 3.24. The summed E-state index contributed by atoms with van der Waals surface area (Å²) in [4.78, 5) is 15.1. The van der Waals surface area contributed by atoms with E-state index >= 15 is 0 Å². The van der Waals surface area contributed by atoms with Crippen LogP contribution in [0.1, 0.15) is 13.8 Å². The van der Waals surface area contributed by atoms with Gasteiger partial charge in [-0.2, -0.15) is 0 Å². The lowest BCUT2D eigenvalue weighted by Gasteiger charge is -2.08. The number of hydrogen-bond donors (Lipinski definition) is 2. The van der Waals surface area contributed by atoms with Gasteiger partial charge in [-0.3, -0.25) is 4.79 Å². The van der Waals surface area contributed by atoms with E-state index in [9.17, 15) is 4.79 Å². The summed E-state index contributed by atoms with van der Waals surface area (Å²) in [5.74, 6) is 0.304. The summed E-state index contributed by atoms with van der Waals surface area (Å²) in [6.45, 7) is 4.05. The molecule has 0 aromatic carbocycles. The van der Waals surface area contributed by atoms with Gasteiger partial charge >= 0.3 is 0 Å². The molecule has 3 N–H and O–H groups in total. The highest BCUT2D eigenvalue weighted by Crippen LogP contribution is 1.97. The zero-order valence-electron chi connectivity index (χ0n) is 7.82. The van der Waals surface area contributed by atoms with Gasteiger partial charge in [0.25, 0.3) is 0 Å². The standard InChI is InChI=1S/C8H14N4O/c1-6(2)11-7(13)5-12-4-3-10-8(12)9/h3-4,6H,5H2,1-2H3,(H2,9,10)(H,11,13). The lowest BCUT2D eigenvalue weighted by atomic mass is 10.4. The predicted molar refractivity (Wildman–Crippen MR) is 49.9 cm³/mol. The Kier molecular flexibility index (Phi) is 2.89. The van der Waals surface area contributed by atoms with Crippen LogP contribution in [0.4, 0.5) is 5.95 Å². The van der Waals surface area contributed by atoms with Crippen LogP contribution in [0, 0.1) is 0 Å². The summed E-state index contributed by atoms with van der Waals surface area (Å²) >= 11 is 0. The van der Waals surface area contributed by atoms with Crippen LogP contribution in [-0.2, 0) is 11.3 Å². The van der Waals surface area contributed by atoms with Crippen LogP contribution in [0.15, 0.2) is 12.4 Å². The first kappa shape index (κ1) is 9.57. The van der Waals surface area contributed by atoms with E-state index in [1.807, 2.05) is 13.8 Å². The van der Waals surface area contributed by atoms with Crippen LogP contribution >= 0.6 is 0 Å². The number of aromatic nitrogens is 2. The first-order valence-electron chi connectivity index (χ1n) is 4.15. The van der Waals surface area contributed by atoms with E-state index in [2.05, 4.69) is 10.3 Å². The Morgan fingerprint density at radius 1 is 1.77 bits per heavy atom. The van der Waals surface area contributed by atoms with E-state index in [1.54, 1.807) is 17.0 Å². The third-order valence-corrected chi connectivity index (χ3v) is 1.51. The molecule has 13 heavy (non-hydrogen) atoms. The number of rotatable bonds is 3. The summed E-state index contributed by atoms with van der Waals surface area (Å²) in [7, 11) is 0. The van der Waals surface area contributed by atoms with Crippen LogP contribution in [0.5, 0.6) is 0 Å². The molecule has 0 radical (unpaired) electrons. The molecule has 1 aromatic heterocycles. The predicted octanol–water partition coefficient (Wildman–Crippen LogP) is -0.0101. The van der Waals surface area contributed by atoms with Gasteiger partial charge in [0, 0.05) is 18.4 Å². The van der Waals surface area contributed by atoms with Gasteiger partial charge in [-0.15, -0.1) is 0 Å². The lowest BCUT2D eigenvalue weighted by molar-refractivity contribution is -0.122. The highest BCUT2D eigenvalue weighted by molar-refractivity contribution is 5.76. The first-order chi connectivity index (χ1) is 6.09. The van der Waals surface area contributed by atoms with Crippen LogP contribution in [0.2, 0.25) is 0 Å². The van der Waals surface area contributed by atoms with Gasteiger partial charge in [0.05, 0.1) is 0 Å². The quantitative estimate of drug-likeness (QED) is 0.690. The molecule has 0 saturated carbocycles. The SMILES string of the molecule is CC(C)NC(=O)Cn1ccnc1N. The largest absolute Gasteiger partial charge is 0.369 e. The van der Waals surface area contributed by atoms with E-state index < -0.39 is 0 Å². The summed E-state index contributed by atoms with van der Waals surface area (Å²) in [5.41, 5.74) is 5.49. The lowest BCUT2D eigenvalue weighted by Crippen LogP contribution is -2.33. The maximum absolute atomic E-state index is 11.3. The Bertz CT molecular complexity index is 292. The van der Waals surface area contributed by atoms with Crippen molar-refractivity contribution in [3.63, 3.8) is 0 Å². The van der Waals surface area contributed by atoms with Crippen LogP contribution in [0.25, 0.3) is 0 Å². The molecule has 0 saturated heterocycles. The first-order valence-corrected chi connectivity index (χ1v) is 4.15. The van der Waals surface area contributed by atoms with Crippen molar-refractivity contribution < 1.29 is 4.79 Å². The fourth-order valence-electron chi connectivity index (χ4n) is 0.997. The number of imidazole rings is 1. The zero-order chi connectivity index (χ0) is 9.84. The highest BCUT2D eigenvalue weighted by atomic mass is 16.2. The fraction of sp³-hybridized carbons (Fsp3) is 0.500. The molecule has 72 valence electrons. The average molecular weight is 182 g/mol. The monoisotopic (exact) mass is 182 g/mol. The van der Waals surface area contributed by atoms with E-state index in [-0.39, 0.29) is 18.5 Å². The van der Waals surface area contributed by atoms with Crippen molar-refractivity contribution in [2.75, 3.05) is 5.73 Å². The van der Waals surface area contributed by atoms with Crippen molar-refractivity contribution in [3.05, 3.63) is 12.4 Å². The van der Waals surface area contributed by atoms with Crippen LogP contribution in [-0.4, -0.2) is 21.5 Å². The number of nitrogens with two attached hydrogens (primary N) is 1. The van der Waals surface area contributed by atoms with Crippen molar-refractivity contribution in [3.8, 4) is 0 Å². The Balaban J connectivity index is 2.50. The zero-order valence-corrected chi connectivity index (χ0v) is 7.82. The molecule has 1 aromatic rings. The smallest absolute Gasteiger partial charge is 0.240 e. The van der Waals surface area contributed by atoms with Crippen molar-refractivity contribution >= 4 is 11.9 Å². The van der Waals surface area contributed by atoms with E-state index in [0.717, 1.165) is 0 Å². The molecule has 0 aliphatic rings. The molecule has 0 bridgehead atoms. The number of carbonyl (C=O) groups is 1. The molecule has 1 heterocycles. The van der Waals surface area contributed by atoms with Gasteiger partial charge < -0.3 is 15.6 Å². The minimum Gasteiger partial charge on any atom is -0.369 e. The summed E-state index contributed by atoms with van der Waals surface area (Å²) < 4.78 is 1.59. The molecule has 5 heteroatoms. The third kappa shape index (κ3) is 2.77. The molecule has 1 amide bonds. The van der Waals surface area contributed by atoms with Crippen molar-refractivity contribution in [2.45, 2.75) is 26.4 Å². The Morgan fingerprint density at radius 2 is 2.46 bits per heavy atom. The molecule has 0 aliphatic carbocycles. The van der Waals surface area contributed by atoms with Gasteiger partial charge in [-0.05, 0) is 13.8 Å². The van der Waals surface area contributed by atoms with Gasteiger partial charge in [-0.1, -0.05) is 0 Å². The minimum absolute atomic E-state index is 0.0558. The van der Waals surface area contributed by atoms with Gasteiger partial charge in [0.15, 0.2) is 0 Å². The minimum atomic E-state index is -0.0558. The fourth-order valence-corrected chi connectivity index (χ4v) is 0.997. The van der Waals surface area contributed by atoms with Crippen molar-refractivity contribution in [1.29, 1.82) is 0 Å². The van der Waals surface area contributed by atoms with Gasteiger partial charge in [0.2, 0.25) is 11.9 Å². The molecule has 5 nitrogen and oxygen atoms in total. The van der Waals surface area contributed by atoms with Crippen LogP contribution < -0.4 is 11.1 Å². The third-order valence-electron chi connectivity index (χ3n) is 1.51. The second kappa shape index (κ2) is 3.93. The van der Waals surface area contributed by atoms with Crippen LogP contribution in [0.3, 0.4) is 0 Å². The number of carbonyl (C=O) groups excluding carboxylic acids is 1. The van der Waals surface area contributed by atoms with Gasteiger partial charge in [0.1, 0.15) is 6.54 Å². The summed E-state index contributed by atoms with van der Waals surface area (Å²) in [6, 6.07) is 0.150. The molecule has 0 atom stereocenters. The maximum atomic E-state index is 11.3. The second-order valence-electron chi connectivity index (χ2n) is 3.14. The number of nitrogens with zero attached hydrogens (tertiary/aromatic N) is 2. The number of amides is 1. The number of nitrogen functional groups attached to an aromatic ring is 1. The summed E-state index contributed by atoms with van der Waals surface area (Å²) in [5, 5.41) is 2.77. The molecule has 1 rings (SSSR count). The highest BCUT2D eigenvalue weighted by Gasteiger charge is 2.05.